The standard InChI is InChI=1S/C28H45NO8/c1-13-4-5-18-25(3,34)20-14(11-29(18)10-13)15-9-26-12-37-28(36)17(24(26,2)7-6-19(28)31)8-16(30)22(26)27(15,35)23(33)21(20)32/h13-23,30-36H,4-12H2,1-3H3/t13-,14+,15-,16+,17-,18+,19-,20-,21+,22-,23+,24+,25-,26+,27+,28-/m1/s1. The molecule has 0 amide bonds. The molecule has 4 aliphatic carbocycles. The highest BCUT2D eigenvalue weighted by Gasteiger charge is 2.82. The van der Waals surface area contributed by atoms with Crippen LogP contribution in [0.3, 0.4) is 0 Å². The van der Waals surface area contributed by atoms with Crippen molar-refractivity contribution in [1.82, 2.24) is 4.90 Å². The zero-order chi connectivity index (χ0) is 26.5. The molecule has 3 heterocycles. The van der Waals surface area contributed by atoms with Gasteiger partial charge in [-0.25, -0.2) is 0 Å². The van der Waals surface area contributed by atoms with Crippen molar-refractivity contribution in [2.24, 2.45) is 46.3 Å². The van der Waals surface area contributed by atoms with Crippen LogP contribution in [-0.4, -0.2) is 108 Å². The predicted molar refractivity (Wildman–Crippen MR) is 131 cm³/mol. The van der Waals surface area contributed by atoms with Gasteiger partial charge in [-0.2, -0.15) is 0 Å². The summed E-state index contributed by atoms with van der Waals surface area (Å²) in [5.41, 5.74) is -4.27. The van der Waals surface area contributed by atoms with Gasteiger partial charge in [0.2, 0.25) is 0 Å². The minimum atomic E-state index is -1.76. The van der Waals surface area contributed by atoms with Crippen molar-refractivity contribution in [3.8, 4) is 0 Å². The molecule has 4 saturated carbocycles. The summed E-state index contributed by atoms with van der Waals surface area (Å²) in [6.07, 6.45) is -1.49. The number of rotatable bonds is 0. The van der Waals surface area contributed by atoms with Gasteiger partial charge in [-0.1, -0.05) is 13.8 Å². The molecule has 0 radical (unpaired) electrons. The molecule has 1 spiro atoms. The summed E-state index contributed by atoms with van der Waals surface area (Å²) in [6.45, 7) is 7.63. The van der Waals surface area contributed by atoms with Crippen LogP contribution in [0.1, 0.15) is 59.3 Å². The van der Waals surface area contributed by atoms with Gasteiger partial charge in [-0.05, 0) is 68.6 Å². The van der Waals surface area contributed by atoms with Crippen LogP contribution in [0.4, 0.5) is 0 Å². The number of hydrogen-bond donors (Lipinski definition) is 7. The Labute approximate surface area is 218 Å². The number of piperidine rings is 2. The summed E-state index contributed by atoms with van der Waals surface area (Å²) >= 11 is 0. The van der Waals surface area contributed by atoms with Gasteiger partial charge in [-0.3, -0.25) is 4.90 Å². The molecule has 7 aliphatic rings. The molecule has 0 aromatic heterocycles. The summed E-state index contributed by atoms with van der Waals surface area (Å²) in [7, 11) is 0. The second-order valence-electron chi connectivity index (χ2n) is 14.7. The number of nitrogens with zero attached hydrogens (tertiary/aromatic N) is 1. The lowest BCUT2D eigenvalue weighted by Crippen LogP contribution is -2.78. The SMILES string of the molecule is C[C@@H]1CC[C@@H]2N(C1)C[C@@H]1[C@H]([C@H](O)[C@H](O)[C@]3(O)[C@@H]1C[C@@]14CO[C@@]5(O)[C@H](O)CC[C@@]1(C)[C@H]5C[C@H](O)[C@@H]34)[C@]2(C)O. The number of aliphatic hydroxyl groups is 7. The van der Waals surface area contributed by atoms with Crippen LogP contribution in [0.2, 0.25) is 0 Å². The first-order valence-electron chi connectivity index (χ1n) is 14.5. The second kappa shape index (κ2) is 7.47. The first-order chi connectivity index (χ1) is 17.2. The first-order valence-corrected chi connectivity index (χ1v) is 14.5. The van der Waals surface area contributed by atoms with E-state index in [-0.39, 0.29) is 25.0 Å². The molecule has 16 atom stereocenters. The van der Waals surface area contributed by atoms with Crippen LogP contribution in [-0.2, 0) is 4.74 Å². The van der Waals surface area contributed by atoms with Crippen molar-refractivity contribution >= 4 is 0 Å². The topological polar surface area (TPSA) is 154 Å². The van der Waals surface area contributed by atoms with Crippen LogP contribution in [0.15, 0.2) is 0 Å². The van der Waals surface area contributed by atoms with E-state index in [1.807, 2.05) is 0 Å². The van der Waals surface area contributed by atoms with Gasteiger partial charge in [0, 0.05) is 42.3 Å². The van der Waals surface area contributed by atoms with E-state index in [2.05, 4.69) is 18.7 Å². The third-order valence-electron chi connectivity index (χ3n) is 13.4. The lowest BCUT2D eigenvalue weighted by Gasteiger charge is -2.70. The fraction of sp³-hybridized carbons (Fsp3) is 1.00. The Kier molecular flexibility index (Phi) is 5.17. The van der Waals surface area contributed by atoms with Crippen LogP contribution >= 0.6 is 0 Å². The van der Waals surface area contributed by atoms with Crippen molar-refractivity contribution in [3.05, 3.63) is 0 Å². The lowest BCUT2D eigenvalue weighted by molar-refractivity contribution is -0.408. The monoisotopic (exact) mass is 523 g/mol. The molecule has 9 nitrogen and oxygen atoms in total. The summed E-state index contributed by atoms with van der Waals surface area (Å²) in [5, 5.41) is 81.6. The fourth-order valence-electron chi connectivity index (χ4n) is 11.8. The molecule has 0 unspecified atom stereocenters. The van der Waals surface area contributed by atoms with Gasteiger partial charge in [0.1, 0.15) is 17.8 Å². The maximum Gasteiger partial charge on any atom is 0.195 e. The Morgan fingerprint density at radius 2 is 1.68 bits per heavy atom. The van der Waals surface area contributed by atoms with Crippen LogP contribution in [0.25, 0.3) is 0 Å². The summed E-state index contributed by atoms with van der Waals surface area (Å²) in [6, 6.07) is -0.111. The predicted octanol–water partition coefficient (Wildman–Crippen LogP) is -0.566. The van der Waals surface area contributed by atoms with Crippen LogP contribution < -0.4 is 0 Å². The van der Waals surface area contributed by atoms with E-state index in [1.54, 1.807) is 6.92 Å². The number of hydrogen-bond acceptors (Lipinski definition) is 9. The molecule has 3 saturated heterocycles. The van der Waals surface area contributed by atoms with Crippen molar-refractivity contribution in [2.75, 3.05) is 19.7 Å². The maximum atomic E-state index is 12.6. The Hall–Kier alpha value is -0.360. The van der Waals surface area contributed by atoms with Gasteiger partial charge in [-0.15, -0.1) is 0 Å². The molecular formula is C28H45NO8. The third-order valence-corrected chi connectivity index (χ3v) is 13.4. The highest BCUT2D eigenvalue weighted by Crippen LogP contribution is 2.77. The highest BCUT2D eigenvalue weighted by molar-refractivity contribution is 5.30. The second-order valence-corrected chi connectivity index (χ2v) is 14.7. The van der Waals surface area contributed by atoms with Gasteiger partial charge < -0.3 is 40.5 Å². The first kappa shape index (κ1) is 25.6. The van der Waals surface area contributed by atoms with Gasteiger partial charge in [0.15, 0.2) is 5.79 Å². The molecule has 4 bridgehead atoms. The highest BCUT2D eigenvalue weighted by atomic mass is 16.6. The minimum absolute atomic E-state index is 0.0636. The van der Waals surface area contributed by atoms with E-state index in [4.69, 9.17) is 4.74 Å². The Bertz CT molecular complexity index is 980. The lowest BCUT2D eigenvalue weighted by atomic mass is 9.41. The van der Waals surface area contributed by atoms with Gasteiger partial charge >= 0.3 is 0 Å². The van der Waals surface area contributed by atoms with E-state index in [0.717, 1.165) is 19.4 Å². The van der Waals surface area contributed by atoms with Crippen molar-refractivity contribution in [1.29, 1.82) is 0 Å². The van der Waals surface area contributed by atoms with Crippen LogP contribution in [0.5, 0.6) is 0 Å². The summed E-state index contributed by atoms with van der Waals surface area (Å²) < 4.78 is 6.10. The average Bonchev–Trinajstić information content (AvgIpc) is 3.11. The molecule has 7 N–H and O–H groups in total. The Morgan fingerprint density at radius 3 is 2.41 bits per heavy atom. The Balaban J connectivity index is 1.36. The Morgan fingerprint density at radius 1 is 0.946 bits per heavy atom. The van der Waals surface area contributed by atoms with E-state index in [0.29, 0.717) is 31.7 Å². The maximum absolute atomic E-state index is 12.6. The van der Waals surface area contributed by atoms with Crippen molar-refractivity contribution < 1.29 is 40.5 Å². The normalized spacial score (nSPS) is 66.8. The molecule has 3 aliphatic heterocycles. The summed E-state index contributed by atoms with van der Waals surface area (Å²) in [5.74, 6) is -3.85. The van der Waals surface area contributed by atoms with Gasteiger partial charge in [0.25, 0.3) is 0 Å². The van der Waals surface area contributed by atoms with Crippen LogP contribution in [0, 0.1) is 46.3 Å². The van der Waals surface area contributed by atoms with Crippen molar-refractivity contribution in [2.45, 2.75) is 107 Å². The van der Waals surface area contributed by atoms with E-state index in [9.17, 15) is 35.7 Å². The van der Waals surface area contributed by atoms with E-state index in [1.165, 1.54) is 0 Å². The molecule has 210 valence electrons. The average molecular weight is 524 g/mol. The molecule has 7 rings (SSSR count). The zero-order valence-corrected chi connectivity index (χ0v) is 22.2. The number of aliphatic hydroxyl groups excluding tert-OH is 4. The van der Waals surface area contributed by atoms with E-state index >= 15 is 0 Å². The molecular weight excluding hydrogens is 478 g/mol. The minimum Gasteiger partial charge on any atom is -0.393 e. The van der Waals surface area contributed by atoms with Gasteiger partial charge in [0.05, 0.1) is 24.4 Å². The quantitative estimate of drug-likeness (QED) is 0.221. The smallest absolute Gasteiger partial charge is 0.195 e. The largest absolute Gasteiger partial charge is 0.393 e. The molecule has 0 aromatic carbocycles. The summed E-state index contributed by atoms with van der Waals surface area (Å²) in [4.78, 5) is 2.33. The fourth-order valence-corrected chi connectivity index (χ4v) is 11.8. The number of fused-ring (bicyclic) bond motifs is 5. The third kappa shape index (κ3) is 2.73. The molecule has 7 fully saturated rings. The molecule has 0 aromatic rings. The molecule has 37 heavy (non-hydrogen) atoms. The number of ether oxygens (including phenoxy) is 1. The van der Waals surface area contributed by atoms with Crippen molar-refractivity contribution in [3.63, 3.8) is 0 Å². The zero-order valence-electron chi connectivity index (χ0n) is 22.2. The molecule has 9 heteroatoms. The van der Waals surface area contributed by atoms with E-state index < -0.39 is 75.9 Å².